The summed E-state index contributed by atoms with van der Waals surface area (Å²) in [6, 6.07) is 0.372. The van der Waals surface area contributed by atoms with E-state index in [1.165, 1.54) is 18.4 Å². The van der Waals surface area contributed by atoms with E-state index in [9.17, 15) is 10.2 Å². The molecule has 0 aliphatic heterocycles. The van der Waals surface area contributed by atoms with Crippen molar-refractivity contribution >= 4 is 0 Å². The van der Waals surface area contributed by atoms with Gasteiger partial charge in [0, 0.05) is 12.0 Å². The molecule has 0 aromatic heterocycles. The van der Waals surface area contributed by atoms with E-state index in [4.69, 9.17) is 0 Å². The SMILES string of the molecule is CN[C@@H](C)[C@H]1[C@H](O)C[C@H]2[C@@H]3CC=C4C[C@@H](O)CC[C@]4(C)[C@H]3CC[C@]12C. The number of aliphatic hydroxyl groups is 2. The van der Waals surface area contributed by atoms with Gasteiger partial charge in [-0.3, -0.25) is 0 Å². The molecule has 0 radical (unpaired) electrons. The van der Waals surface area contributed by atoms with Gasteiger partial charge in [0.05, 0.1) is 12.2 Å². The molecule has 3 N–H and O–H groups in total. The first kappa shape index (κ1) is 18.0. The van der Waals surface area contributed by atoms with Crippen LogP contribution in [0.25, 0.3) is 0 Å². The van der Waals surface area contributed by atoms with Crippen molar-refractivity contribution in [3.05, 3.63) is 11.6 Å². The summed E-state index contributed by atoms with van der Waals surface area (Å²) in [6.45, 7) is 7.19. The molecule has 4 aliphatic carbocycles. The molecule has 0 amide bonds. The fourth-order valence-electron chi connectivity index (χ4n) is 7.78. The van der Waals surface area contributed by atoms with E-state index in [1.807, 2.05) is 7.05 Å². The van der Waals surface area contributed by atoms with Crippen LogP contribution in [0.3, 0.4) is 0 Å². The van der Waals surface area contributed by atoms with Gasteiger partial charge in [0.15, 0.2) is 0 Å². The predicted molar refractivity (Wildman–Crippen MR) is 101 cm³/mol. The Hall–Kier alpha value is -0.380. The number of hydrogen-bond acceptors (Lipinski definition) is 3. The smallest absolute Gasteiger partial charge is 0.0591 e. The lowest BCUT2D eigenvalue weighted by Gasteiger charge is -2.58. The molecule has 25 heavy (non-hydrogen) atoms. The number of allylic oxidation sites excluding steroid dienone is 1. The average Bonchev–Trinajstić information content (AvgIpc) is 2.85. The fraction of sp³-hybridized carbons (Fsp3) is 0.909. The van der Waals surface area contributed by atoms with Gasteiger partial charge < -0.3 is 15.5 Å². The van der Waals surface area contributed by atoms with Gasteiger partial charge in [0.2, 0.25) is 0 Å². The molecular formula is C22H37NO2. The Morgan fingerprint density at radius 1 is 1.16 bits per heavy atom. The molecule has 3 saturated carbocycles. The van der Waals surface area contributed by atoms with Crippen molar-refractivity contribution in [3.8, 4) is 0 Å². The van der Waals surface area contributed by atoms with Crippen LogP contribution in [-0.4, -0.2) is 35.5 Å². The zero-order chi connectivity index (χ0) is 18.0. The molecule has 4 aliphatic rings. The molecule has 3 fully saturated rings. The molecule has 0 saturated heterocycles. The normalized spacial score (nSPS) is 53.4. The van der Waals surface area contributed by atoms with Gasteiger partial charge in [-0.15, -0.1) is 0 Å². The van der Waals surface area contributed by atoms with E-state index >= 15 is 0 Å². The molecule has 142 valence electrons. The summed E-state index contributed by atoms with van der Waals surface area (Å²) in [7, 11) is 2.03. The minimum atomic E-state index is -0.164. The minimum Gasteiger partial charge on any atom is -0.393 e. The Balaban J connectivity index is 1.66. The third kappa shape index (κ3) is 2.49. The Morgan fingerprint density at radius 3 is 2.64 bits per heavy atom. The van der Waals surface area contributed by atoms with E-state index in [0.29, 0.717) is 29.2 Å². The molecule has 0 spiro atoms. The molecule has 3 heteroatoms. The second-order valence-electron chi connectivity index (χ2n) is 10.1. The lowest BCUT2D eigenvalue weighted by molar-refractivity contribution is -0.0564. The van der Waals surface area contributed by atoms with Crippen LogP contribution in [0, 0.1) is 34.5 Å². The lowest BCUT2D eigenvalue weighted by atomic mass is 9.47. The van der Waals surface area contributed by atoms with Crippen molar-refractivity contribution in [2.45, 2.75) is 84.0 Å². The Labute approximate surface area is 153 Å². The van der Waals surface area contributed by atoms with Crippen LogP contribution in [0.2, 0.25) is 0 Å². The number of hydrogen-bond donors (Lipinski definition) is 3. The first-order valence-corrected chi connectivity index (χ1v) is 10.5. The van der Waals surface area contributed by atoms with Crippen molar-refractivity contribution in [3.63, 3.8) is 0 Å². The summed E-state index contributed by atoms with van der Waals surface area (Å²) in [5.74, 6) is 2.47. The first-order chi connectivity index (χ1) is 11.8. The van der Waals surface area contributed by atoms with Crippen LogP contribution < -0.4 is 5.32 Å². The Bertz CT molecular complexity index is 560. The van der Waals surface area contributed by atoms with Crippen LogP contribution in [0.5, 0.6) is 0 Å². The Kier molecular flexibility index (Phi) is 4.37. The molecule has 0 unspecified atom stereocenters. The Morgan fingerprint density at radius 2 is 1.92 bits per heavy atom. The first-order valence-electron chi connectivity index (χ1n) is 10.5. The molecule has 0 bridgehead atoms. The maximum atomic E-state index is 10.9. The van der Waals surface area contributed by atoms with Crippen molar-refractivity contribution in [2.24, 2.45) is 34.5 Å². The van der Waals surface area contributed by atoms with Crippen LogP contribution in [0.4, 0.5) is 0 Å². The van der Waals surface area contributed by atoms with Gasteiger partial charge in [0.25, 0.3) is 0 Å². The molecular weight excluding hydrogens is 310 g/mol. The summed E-state index contributed by atoms with van der Waals surface area (Å²) in [6.07, 6.45) is 9.87. The van der Waals surface area contributed by atoms with Crippen LogP contribution >= 0.6 is 0 Å². The van der Waals surface area contributed by atoms with Crippen LogP contribution in [0.1, 0.15) is 65.7 Å². The third-order valence-corrected chi connectivity index (χ3v) is 9.18. The van der Waals surface area contributed by atoms with Gasteiger partial charge in [0.1, 0.15) is 0 Å². The summed E-state index contributed by atoms with van der Waals surface area (Å²) in [4.78, 5) is 0. The van der Waals surface area contributed by atoms with Crippen molar-refractivity contribution in [1.82, 2.24) is 5.32 Å². The van der Waals surface area contributed by atoms with Crippen LogP contribution in [-0.2, 0) is 0 Å². The highest BCUT2D eigenvalue weighted by Gasteiger charge is 2.61. The van der Waals surface area contributed by atoms with Crippen molar-refractivity contribution in [2.75, 3.05) is 7.05 Å². The molecule has 3 nitrogen and oxygen atoms in total. The standard InChI is InChI=1S/C22H37NO2/c1-13(23-4)20-19(25)12-18-16-6-5-14-11-15(24)7-9-21(14,2)17(16)8-10-22(18,20)3/h5,13,15-20,23-25H,6-12H2,1-4H3/t13-,15-,16+,17-,18-,19+,20-,21-,22-/m0/s1. The highest BCUT2D eigenvalue weighted by molar-refractivity contribution is 5.25. The van der Waals surface area contributed by atoms with E-state index in [2.05, 4.69) is 32.2 Å². The quantitative estimate of drug-likeness (QED) is 0.670. The second-order valence-corrected chi connectivity index (χ2v) is 10.1. The van der Waals surface area contributed by atoms with Gasteiger partial charge in [-0.1, -0.05) is 25.5 Å². The van der Waals surface area contributed by atoms with E-state index < -0.39 is 0 Å². The minimum absolute atomic E-state index is 0.126. The maximum Gasteiger partial charge on any atom is 0.0591 e. The monoisotopic (exact) mass is 347 g/mol. The molecule has 9 atom stereocenters. The molecule has 4 rings (SSSR count). The number of rotatable bonds is 2. The highest BCUT2D eigenvalue weighted by atomic mass is 16.3. The fourth-order valence-corrected chi connectivity index (χ4v) is 7.78. The van der Waals surface area contributed by atoms with Gasteiger partial charge in [-0.25, -0.2) is 0 Å². The van der Waals surface area contributed by atoms with Crippen molar-refractivity contribution < 1.29 is 10.2 Å². The van der Waals surface area contributed by atoms with Crippen LogP contribution in [0.15, 0.2) is 11.6 Å². The van der Waals surface area contributed by atoms with E-state index in [0.717, 1.165) is 38.0 Å². The van der Waals surface area contributed by atoms with Crippen molar-refractivity contribution in [1.29, 1.82) is 0 Å². The summed E-state index contributed by atoms with van der Waals surface area (Å²) in [5.41, 5.74) is 2.09. The summed E-state index contributed by atoms with van der Waals surface area (Å²) < 4.78 is 0. The average molecular weight is 348 g/mol. The van der Waals surface area contributed by atoms with Gasteiger partial charge in [-0.05, 0) is 87.5 Å². The van der Waals surface area contributed by atoms with E-state index in [1.54, 1.807) is 0 Å². The largest absolute Gasteiger partial charge is 0.393 e. The summed E-state index contributed by atoms with van der Waals surface area (Å²) >= 11 is 0. The van der Waals surface area contributed by atoms with E-state index in [-0.39, 0.29) is 17.6 Å². The maximum absolute atomic E-state index is 10.9. The number of nitrogens with one attached hydrogen (secondary N) is 1. The third-order valence-electron chi connectivity index (χ3n) is 9.18. The van der Waals surface area contributed by atoms with Gasteiger partial charge in [-0.2, -0.15) is 0 Å². The topological polar surface area (TPSA) is 52.5 Å². The molecule has 0 aromatic rings. The summed E-state index contributed by atoms with van der Waals surface area (Å²) in [5, 5.41) is 24.5. The predicted octanol–water partition coefficient (Wildman–Crippen LogP) is 3.51. The zero-order valence-corrected chi connectivity index (χ0v) is 16.5. The zero-order valence-electron chi connectivity index (χ0n) is 16.5. The molecule has 0 aromatic carbocycles. The number of aliphatic hydroxyl groups excluding tert-OH is 2. The lowest BCUT2D eigenvalue weighted by Crippen LogP contribution is -2.52. The number of fused-ring (bicyclic) bond motifs is 5. The molecule has 0 heterocycles. The highest BCUT2D eigenvalue weighted by Crippen LogP contribution is 2.66. The van der Waals surface area contributed by atoms with Gasteiger partial charge >= 0.3 is 0 Å². The second kappa shape index (κ2) is 6.07.